The third kappa shape index (κ3) is 7.19. The van der Waals surface area contributed by atoms with Gasteiger partial charge in [-0.25, -0.2) is 9.36 Å². The van der Waals surface area contributed by atoms with Gasteiger partial charge in [-0.05, 0) is 42.0 Å². The summed E-state index contributed by atoms with van der Waals surface area (Å²) in [5, 5.41) is 0.760. The van der Waals surface area contributed by atoms with Gasteiger partial charge >= 0.3 is 13.4 Å². The Balaban J connectivity index is 0.00000106. The smallest absolute Gasteiger partial charge is 0.496 e. The van der Waals surface area contributed by atoms with Crippen molar-refractivity contribution in [3.8, 4) is 11.5 Å². The average Bonchev–Trinajstić information content (AvgIpc) is 2.74. The normalized spacial score (nSPS) is 10.6. The van der Waals surface area contributed by atoms with Crippen molar-refractivity contribution in [3.63, 3.8) is 0 Å². The standard InChI is InChI=1S/C18H15O7P.2C2H6/c1-23-16-10-5-13-6-11-17(19)24-18(13)15(16)9-4-12-2-7-14(8-3-12)25-26(20,21)22;2*1-2/h2-11H,1H3,(H2,20,21,22);2*1-2H3/b9-4+;;. The van der Waals surface area contributed by atoms with Crippen LogP contribution in [0.1, 0.15) is 38.8 Å². The lowest BCUT2D eigenvalue weighted by Crippen LogP contribution is -1.97. The van der Waals surface area contributed by atoms with Crippen LogP contribution in [0.25, 0.3) is 23.1 Å². The van der Waals surface area contributed by atoms with E-state index >= 15 is 0 Å². The predicted molar refractivity (Wildman–Crippen MR) is 120 cm³/mol. The predicted octanol–water partition coefficient (Wildman–Crippen LogP) is 5.50. The Morgan fingerprint density at radius 2 is 1.50 bits per heavy atom. The Morgan fingerprint density at radius 1 is 0.900 bits per heavy atom. The van der Waals surface area contributed by atoms with Crippen LogP contribution in [0, 0.1) is 0 Å². The highest BCUT2D eigenvalue weighted by molar-refractivity contribution is 7.46. The molecule has 0 aliphatic rings. The zero-order valence-electron chi connectivity index (χ0n) is 17.7. The van der Waals surface area contributed by atoms with Gasteiger partial charge in [0.1, 0.15) is 17.1 Å². The molecule has 7 nitrogen and oxygen atoms in total. The van der Waals surface area contributed by atoms with E-state index in [4.69, 9.17) is 18.9 Å². The van der Waals surface area contributed by atoms with Crippen molar-refractivity contribution in [2.75, 3.05) is 7.11 Å². The number of benzene rings is 2. The lowest BCUT2D eigenvalue weighted by molar-refractivity contribution is 0.283. The van der Waals surface area contributed by atoms with Gasteiger partial charge in [-0.2, -0.15) is 0 Å². The number of phosphoric acid groups is 1. The molecule has 0 bridgehead atoms. The van der Waals surface area contributed by atoms with E-state index in [-0.39, 0.29) is 5.75 Å². The minimum atomic E-state index is -4.59. The number of fused-ring (bicyclic) bond motifs is 1. The number of phosphoric ester groups is 1. The van der Waals surface area contributed by atoms with Gasteiger partial charge in [-0.15, -0.1) is 0 Å². The fourth-order valence-corrected chi connectivity index (χ4v) is 2.82. The van der Waals surface area contributed by atoms with Crippen molar-refractivity contribution in [2.24, 2.45) is 0 Å². The van der Waals surface area contributed by atoms with Gasteiger partial charge in [-0.3, -0.25) is 9.79 Å². The largest absolute Gasteiger partial charge is 0.524 e. The number of hydrogen-bond acceptors (Lipinski definition) is 5. The highest BCUT2D eigenvalue weighted by Gasteiger charge is 2.15. The molecule has 0 amide bonds. The molecule has 0 radical (unpaired) electrons. The first-order valence-corrected chi connectivity index (χ1v) is 11.0. The Bertz CT molecular complexity index is 1060. The molecule has 0 saturated heterocycles. The Morgan fingerprint density at radius 3 is 2.07 bits per heavy atom. The van der Waals surface area contributed by atoms with E-state index in [0.717, 1.165) is 10.9 Å². The van der Waals surface area contributed by atoms with Crippen molar-refractivity contribution in [2.45, 2.75) is 27.7 Å². The van der Waals surface area contributed by atoms with Crippen LogP contribution in [0.3, 0.4) is 0 Å². The van der Waals surface area contributed by atoms with E-state index < -0.39 is 13.4 Å². The maximum atomic E-state index is 11.6. The summed E-state index contributed by atoms with van der Waals surface area (Å²) in [7, 11) is -3.06. The van der Waals surface area contributed by atoms with Crippen LogP contribution < -0.4 is 14.9 Å². The van der Waals surface area contributed by atoms with E-state index in [1.54, 1.807) is 42.5 Å². The number of rotatable bonds is 5. The van der Waals surface area contributed by atoms with Crippen LogP contribution in [0.5, 0.6) is 11.5 Å². The maximum Gasteiger partial charge on any atom is 0.524 e. The molecule has 8 heteroatoms. The highest BCUT2D eigenvalue weighted by Crippen LogP contribution is 2.37. The second kappa shape index (κ2) is 12.0. The second-order valence-corrected chi connectivity index (χ2v) is 6.50. The SMILES string of the molecule is CC.CC.COc1ccc2ccc(=O)oc2c1/C=C/c1ccc(OP(=O)(O)O)cc1. The molecule has 0 aliphatic heterocycles. The van der Waals surface area contributed by atoms with Gasteiger partial charge < -0.3 is 13.7 Å². The fourth-order valence-electron chi connectivity index (χ4n) is 2.43. The molecule has 2 aromatic carbocycles. The summed E-state index contributed by atoms with van der Waals surface area (Å²) in [5.41, 5.74) is 1.31. The van der Waals surface area contributed by atoms with Crippen LogP contribution in [-0.2, 0) is 4.57 Å². The van der Waals surface area contributed by atoms with Crippen LogP contribution in [0.15, 0.2) is 57.7 Å². The van der Waals surface area contributed by atoms with Crippen molar-refractivity contribution in [1.29, 1.82) is 0 Å². The molecule has 0 atom stereocenters. The van der Waals surface area contributed by atoms with Gasteiger partial charge in [-0.1, -0.05) is 45.9 Å². The van der Waals surface area contributed by atoms with Crippen molar-refractivity contribution < 1.29 is 28.0 Å². The Kier molecular flexibility index (Phi) is 10.1. The fraction of sp³-hybridized carbons (Fsp3) is 0.227. The van der Waals surface area contributed by atoms with Crippen LogP contribution in [-0.4, -0.2) is 16.9 Å². The minimum Gasteiger partial charge on any atom is -0.496 e. The minimum absolute atomic E-state index is 0.0595. The Labute approximate surface area is 175 Å². The quantitative estimate of drug-likeness (QED) is 0.310. The summed E-state index contributed by atoms with van der Waals surface area (Å²) in [5.74, 6) is 0.605. The first kappa shape index (κ1) is 25.2. The summed E-state index contributed by atoms with van der Waals surface area (Å²) in [6.45, 7) is 8.00. The third-order valence-corrected chi connectivity index (χ3v) is 4.00. The highest BCUT2D eigenvalue weighted by atomic mass is 31.2. The first-order valence-electron chi connectivity index (χ1n) is 9.50. The summed E-state index contributed by atoms with van der Waals surface area (Å²) in [6.07, 6.45) is 3.49. The summed E-state index contributed by atoms with van der Waals surface area (Å²) in [4.78, 5) is 29.1. The van der Waals surface area contributed by atoms with Gasteiger partial charge in [0.15, 0.2) is 0 Å². The van der Waals surface area contributed by atoms with E-state index in [1.165, 1.54) is 25.3 Å². The summed E-state index contributed by atoms with van der Waals surface area (Å²) >= 11 is 0. The average molecular weight is 434 g/mol. The zero-order valence-corrected chi connectivity index (χ0v) is 18.6. The molecule has 3 aromatic rings. The van der Waals surface area contributed by atoms with Gasteiger partial charge in [0.05, 0.1) is 12.7 Å². The monoisotopic (exact) mass is 434 g/mol. The van der Waals surface area contributed by atoms with Gasteiger partial charge in [0, 0.05) is 11.5 Å². The molecule has 30 heavy (non-hydrogen) atoms. The molecular formula is C22H27O7P. The molecule has 0 unspecified atom stereocenters. The first-order chi connectivity index (χ1) is 14.4. The van der Waals surface area contributed by atoms with Crippen molar-refractivity contribution in [3.05, 3.63) is 70.1 Å². The maximum absolute atomic E-state index is 11.6. The zero-order chi connectivity index (χ0) is 22.7. The molecule has 2 N–H and O–H groups in total. The number of methoxy groups -OCH3 is 1. The second-order valence-electron chi connectivity index (χ2n) is 5.34. The molecular weight excluding hydrogens is 407 g/mol. The third-order valence-electron chi connectivity index (χ3n) is 3.55. The summed E-state index contributed by atoms with van der Waals surface area (Å²) < 4.78 is 26.0. The lowest BCUT2D eigenvalue weighted by Gasteiger charge is -2.08. The molecule has 0 spiro atoms. The van der Waals surface area contributed by atoms with Crippen LogP contribution in [0.4, 0.5) is 0 Å². The molecule has 1 aromatic heterocycles. The molecule has 0 aliphatic carbocycles. The molecule has 162 valence electrons. The lowest BCUT2D eigenvalue weighted by atomic mass is 10.1. The van der Waals surface area contributed by atoms with E-state index in [2.05, 4.69) is 4.52 Å². The van der Waals surface area contributed by atoms with Gasteiger partial charge in [0.25, 0.3) is 0 Å². The van der Waals surface area contributed by atoms with Crippen molar-refractivity contribution >= 4 is 30.9 Å². The Hall–Kier alpha value is -2.86. The van der Waals surface area contributed by atoms with Crippen LogP contribution >= 0.6 is 7.82 Å². The molecule has 0 fully saturated rings. The molecule has 1 heterocycles. The number of hydrogen-bond donors (Lipinski definition) is 2. The van der Waals surface area contributed by atoms with E-state index in [1.807, 2.05) is 27.7 Å². The topological polar surface area (TPSA) is 106 Å². The van der Waals surface area contributed by atoms with Crippen LogP contribution in [0.2, 0.25) is 0 Å². The van der Waals surface area contributed by atoms with E-state index in [9.17, 15) is 9.36 Å². The van der Waals surface area contributed by atoms with E-state index in [0.29, 0.717) is 16.9 Å². The summed E-state index contributed by atoms with van der Waals surface area (Å²) in [6, 6.07) is 12.7. The van der Waals surface area contributed by atoms with Gasteiger partial charge in [0.2, 0.25) is 0 Å². The van der Waals surface area contributed by atoms with Crippen molar-refractivity contribution in [1.82, 2.24) is 0 Å². The number of ether oxygens (including phenoxy) is 1. The molecule has 3 rings (SSSR count). The molecule has 0 saturated carbocycles.